The van der Waals surface area contributed by atoms with E-state index in [4.69, 9.17) is 14.2 Å². The summed E-state index contributed by atoms with van der Waals surface area (Å²) in [5.74, 6) is 1.81. The van der Waals surface area contributed by atoms with Gasteiger partial charge in [-0.15, -0.1) is 0 Å². The molecule has 5 rings (SSSR count). The standard InChI is InChI=1S/C25H26N2O5/c28-24(7-5-17-4-6-22-23(14-17)32-16-31-22)26-21-3-1-2-20-19(21)8-11-27(25(20)29)15-18-9-12-30-13-10-18/h1-4,6,8,11,14,18H,5,7,9-10,12-13,15-16H2,(H,26,28). The van der Waals surface area contributed by atoms with Gasteiger partial charge in [-0.2, -0.15) is 0 Å². The van der Waals surface area contributed by atoms with Crippen molar-refractivity contribution in [3.05, 3.63) is 64.6 Å². The molecular weight excluding hydrogens is 408 g/mol. The Hall–Kier alpha value is -3.32. The Balaban J connectivity index is 1.28. The van der Waals surface area contributed by atoms with Gasteiger partial charge in [0.1, 0.15) is 0 Å². The van der Waals surface area contributed by atoms with Gasteiger partial charge in [0.15, 0.2) is 11.5 Å². The van der Waals surface area contributed by atoms with Gasteiger partial charge in [-0.25, -0.2) is 0 Å². The van der Waals surface area contributed by atoms with Crippen molar-refractivity contribution in [3.8, 4) is 11.5 Å². The van der Waals surface area contributed by atoms with Crippen LogP contribution in [-0.2, 0) is 22.5 Å². The molecule has 1 fully saturated rings. The highest BCUT2D eigenvalue weighted by Gasteiger charge is 2.17. The molecule has 0 saturated carbocycles. The zero-order valence-electron chi connectivity index (χ0n) is 17.8. The van der Waals surface area contributed by atoms with Crippen molar-refractivity contribution in [3.63, 3.8) is 0 Å². The molecule has 3 heterocycles. The fraction of sp³-hybridized carbons (Fsp3) is 0.360. The third kappa shape index (κ3) is 4.34. The monoisotopic (exact) mass is 434 g/mol. The number of benzene rings is 2. The second kappa shape index (κ2) is 9.04. The summed E-state index contributed by atoms with van der Waals surface area (Å²) in [7, 11) is 0. The Morgan fingerprint density at radius 3 is 2.75 bits per heavy atom. The second-order valence-electron chi connectivity index (χ2n) is 8.33. The fourth-order valence-corrected chi connectivity index (χ4v) is 4.35. The highest BCUT2D eigenvalue weighted by molar-refractivity contribution is 6.01. The minimum atomic E-state index is -0.0958. The number of pyridine rings is 1. The number of hydrogen-bond donors (Lipinski definition) is 1. The van der Waals surface area contributed by atoms with Crippen LogP contribution in [0.5, 0.6) is 11.5 Å². The van der Waals surface area contributed by atoms with E-state index in [0.29, 0.717) is 42.1 Å². The lowest BCUT2D eigenvalue weighted by Gasteiger charge is -2.23. The molecule has 1 aromatic heterocycles. The summed E-state index contributed by atoms with van der Waals surface area (Å²) in [4.78, 5) is 25.7. The lowest BCUT2D eigenvalue weighted by Crippen LogP contribution is -2.27. The van der Waals surface area contributed by atoms with E-state index in [1.807, 2.05) is 48.7 Å². The summed E-state index contributed by atoms with van der Waals surface area (Å²) < 4.78 is 17.9. The molecule has 1 N–H and O–H groups in total. The second-order valence-corrected chi connectivity index (χ2v) is 8.33. The van der Waals surface area contributed by atoms with Crippen LogP contribution in [0.15, 0.2) is 53.5 Å². The van der Waals surface area contributed by atoms with E-state index in [0.717, 1.165) is 42.8 Å². The van der Waals surface area contributed by atoms with E-state index in [-0.39, 0.29) is 18.3 Å². The maximum atomic E-state index is 13.0. The molecule has 166 valence electrons. The third-order valence-electron chi connectivity index (χ3n) is 6.17. The van der Waals surface area contributed by atoms with Crippen molar-refractivity contribution in [1.29, 1.82) is 0 Å². The topological polar surface area (TPSA) is 78.8 Å². The summed E-state index contributed by atoms with van der Waals surface area (Å²) in [5, 5.41) is 4.36. The Morgan fingerprint density at radius 1 is 1.03 bits per heavy atom. The smallest absolute Gasteiger partial charge is 0.258 e. The average Bonchev–Trinajstić information content (AvgIpc) is 3.29. The van der Waals surface area contributed by atoms with E-state index in [1.165, 1.54) is 0 Å². The van der Waals surface area contributed by atoms with E-state index >= 15 is 0 Å². The molecule has 0 radical (unpaired) electrons. The van der Waals surface area contributed by atoms with Crippen LogP contribution in [0.3, 0.4) is 0 Å². The molecule has 0 aliphatic carbocycles. The molecule has 7 heteroatoms. The van der Waals surface area contributed by atoms with Crippen LogP contribution < -0.4 is 20.3 Å². The van der Waals surface area contributed by atoms with Crippen LogP contribution in [0, 0.1) is 5.92 Å². The Labute approximate surface area is 185 Å². The summed E-state index contributed by atoms with van der Waals surface area (Å²) in [6.45, 7) is 2.45. The summed E-state index contributed by atoms with van der Waals surface area (Å²) >= 11 is 0. The SMILES string of the molecule is O=C(CCc1ccc2c(c1)OCO2)Nc1cccc2c(=O)n(CC3CCOCC3)ccc12. The van der Waals surface area contributed by atoms with Gasteiger partial charge < -0.3 is 24.1 Å². The zero-order valence-corrected chi connectivity index (χ0v) is 17.8. The zero-order chi connectivity index (χ0) is 21.9. The van der Waals surface area contributed by atoms with Crippen molar-refractivity contribution < 1.29 is 19.0 Å². The first-order valence-corrected chi connectivity index (χ1v) is 11.1. The number of amides is 1. The van der Waals surface area contributed by atoms with Crippen molar-refractivity contribution >= 4 is 22.4 Å². The van der Waals surface area contributed by atoms with Crippen LogP contribution in [0.2, 0.25) is 0 Å². The number of anilines is 1. The molecule has 3 aromatic rings. The van der Waals surface area contributed by atoms with E-state index in [1.54, 1.807) is 4.57 Å². The van der Waals surface area contributed by atoms with Crippen molar-refractivity contribution in [2.75, 3.05) is 25.3 Å². The third-order valence-corrected chi connectivity index (χ3v) is 6.17. The van der Waals surface area contributed by atoms with E-state index in [2.05, 4.69) is 5.32 Å². The number of ether oxygens (including phenoxy) is 3. The molecule has 0 spiro atoms. The Bertz CT molecular complexity index is 1200. The normalized spacial score (nSPS) is 15.8. The number of aryl methyl sites for hydroxylation is 1. The number of nitrogens with zero attached hydrogens (tertiary/aromatic N) is 1. The van der Waals surface area contributed by atoms with Gasteiger partial charge in [0.25, 0.3) is 5.56 Å². The predicted molar refractivity (Wildman–Crippen MR) is 121 cm³/mol. The minimum absolute atomic E-state index is 0.0227. The number of carbonyl (C=O) groups excluding carboxylic acids is 1. The van der Waals surface area contributed by atoms with Gasteiger partial charge in [-0.05, 0) is 61.1 Å². The van der Waals surface area contributed by atoms with Gasteiger partial charge in [-0.3, -0.25) is 9.59 Å². The lowest BCUT2D eigenvalue weighted by molar-refractivity contribution is -0.116. The first kappa shape index (κ1) is 20.6. The molecule has 1 amide bonds. The molecular formula is C25H26N2O5. The fourth-order valence-electron chi connectivity index (χ4n) is 4.35. The molecule has 2 aromatic carbocycles. The number of carbonyl (C=O) groups is 1. The number of fused-ring (bicyclic) bond motifs is 2. The van der Waals surface area contributed by atoms with Gasteiger partial charge in [0, 0.05) is 48.8 Å². The van der Waals surface area contributed by atoms with Gasteiger partial charge >= 0.3 is 0 Å². The Kier molecular flexibility index (Phi) is 5.81. The van der Waals surface area contributed by atoms with Crippen LogP contribution >= 0.6 is 0 Å². The summed E-state index contributed by atoms with van der Waals surface area (Å²) in [6, 6.07) is 13.1. The molecule has 0 unspecified atom stereocenters. The van der Waals surface area contributed by atoms with Gasteiger partial charge in [0.2, 0.25) is 12.7 Å². The van der Waals surface area contributed by atoms with Crippen molar-refractivity contribution in [1.82, 2.24) is 4.57 Å². The van der Waals surface area contributed by atoms with Crippen LogP contribution in [0.25, 0.3) is 10.8 Å². The van der Waals surface area contributed by atoms with Crippen LogP contribution in [-0.4, -0.2) is 30.5 Å². The number of aromatic nitrogens is 1. The molecule has 7 nitrogen and oxygen atoms in total. The summed E-state index contributed by atoms with van der Waals surface area (Å²) in [5.41, 5.74) is 1.65. The predicted octanol–water partition coefficient (Wildman–Crippen LogP) is 3.73. The van der Waals surface area contributed by atoms with Crippen LogP contribution in [0.4, 0.5) is 5.69 Å². The quantitative estimate of drug-likeness (QED) is 0.640. The lowest BCUT2D eigenvalue weighted by atomic mass is 10.00. The minimum Gasteiger partial charge on any atom is -0.454 e. The average molecular weight is 434 g/mol. The Morgan fingerprint density at radius 2 is 1.88 bits per heavy atom. The first-order valence-electron chi connectivity index (χ1n) is 11.1. The first-order chi connectivity index (χ1) is 15.7. The summed E-state index contributed by atoms with van der Waals surface area (Å²) in [6.07, 6.45) is 4.71. The van der Waals surface area contributed by atoms with Crippen molar-refractivity contribution in [2.45, 2.75) is 32.2 Å². The molecule has 2 aliphatic heterocycles. The van der Waals surface area contributed by atoms with Gasteiger partial charge in [0.05, 0.1) is 0 Å². The van der Waals surface area contributed by atoms with E-state index < -0.39 is 0 Å². The number of hydrogen-bond acceptors (Lipinski definition) is 5. The van der Waals surface area contributed by atoms with E-state index in [9.17, 15) is 9.59 Å². The highest BCUT2D eigenvalue weighted by Crippen LogP contribution is 2.32. The maximum absolute atomic E-state index is 13.0. The van der Waals surface area contributed by atoms with Crippen molar-refractivity contribution in [2.24, 2.45) is 5.92 Å². The molecule has 32 heavy (non-hydrogen) atoms. The van der Waals surface area contributed by atoms with Gasteiger partial charge in [-0.1, -0.05) is 12.1 Å². The maximum Gasteiger partial charge on any atom is 0.258 e. The highest BCUT2D eigenvalue weighted by atomic mass is 16.7. The number of rotatable bonds is 6. The molecule has 2 aliphatic rings. The molecule has 1 saturated heterocycles. The number of nitrogens with one attached hydrogen (secondary N) is 1. The molecule has 0 atom stereocenters. The largest absolute Gasteiger partial charge is 0.454 e. The van der Waals surface area contributed by atoms with Crippen LogP contribution in [0.1, 0.15) is 24.8 Å². The molecule has 0 bridgehead atoms.